The minimum absolute atomic E-state index is 0.156. The van der Waals surface area contributed by atoms with Crippen LogP contribution in [0.5, 0.6) is 11.5 Å². The number of alkyl halides is 3. The highest BCUT2D eigenvalue weighted by Gasteiger charge is 2.27. The average Bonchev–Trinajstić information content (AvgIpc) is 3.21. The number of rotatable bonds is 10. The van der Waals surface area contributed by atoms with Crippen LogP contribution < -0.4 is 14.2 Å². The van der Waals surface area contributed by atoms with Crippen molar-refractivity contribution in [1.29, 1.82) is 0 Å². The highest BCUT2D eigenvalue weighted by atomic mass is 32.2. The van der Waals surface area contributed by atoms with Crippen LogP contribution in [0.15, 0.2) is 57.9 Å². The molecule has 0 aliphatic carbocycles. The van der Waals surface area contributed by atoms with Crippen LogP contribution >= 0.6 is 11.9 Å². The highest BCUT2D eigenvalue weighted by molar-refractivity contribution is 8.00. The summed E-state index contributed by atoms with van der Waals surface area (Å²) in [6.45, 7) is 7.62. The molecule has 4 aromatic rings. The van der Waals surface area contributed by atoms with E-state index in [0.29, 0.717) is 28.6 Å². The van der Waals surface area contributed by atoms with E-state index in [1.165, 1.54) is 11.9 Å². The van der Waals surface area contributed by atoms with Crippen LogP contribution in [0.4, 0.5) is 19.1 Å². The van der Waals surface area contributed by atoms with Crippen molar-refractivity contribution in [2.24, 2.45) is 0 Å². The fourth-order valence-electron chi connectivity index (χ4n) is 4.17. The lowest BCUT2D eigenvalue weighted by molar-refractivity contribution is -0.133. The molecular formula is C29H30F3N3O3S. The molecule has 1 N–H and O–H groups in total. The zero-order valence-corrected chi connectivity index (χ0v) is 23.2. The number of nitrogens with zero attached hydrogens (tertiary/aromatic N) is 2. The van der Waals surface area contributed by atoms with Crippen molar-refractivity contribution in [3.05, 3.63) is 82.3 Å². The van der Waals surface area contributed by atoms with E-state index >= 15 is 0 Å². The van der Waals surface area contributed by atoms with Crippen molar-refractivity contribution in [3.63, 3.8) is 0 Å². The lowest BCUT2D eigenvalue weighted by Gasteiger charge is -2.17. The van der Waals surface area contributed by atoms with Gasteiger partial charge in [-0.3, -0.25) is 9.71 Å². The van der Waals surface area contributed by atoms with Gasteiger partial charge in [-0.05, 0) is 74.4 Å². The molecule has 0 saturated heterocycles. The van der Waals surface area contributed by atoms with Crippen LogP contribution in [0.3, 0.4) is 0 Å². The van der Waals surface area contributed by atoms with Gasteiger partial charge in [0, 0.05) is 28.6 Å². The number of hydrogen-bond acceptors (Lipinski definition) is 7. The molecule has 6 nitrogen and oxygen atoms in total. The maximum atomic E-state index is 13.3. The van der Waals surface area contributed by atoms with Crippen molar-refractivity contribution in [3.8, 4) is 22.6 Å². The molecule has 10 heteroatoms. The van der Waals surface area contributed by atoms with E-state index in [1.807, 2.05) is 64.1 Å². The summed E-state index contributed by atoms with van der Waals surface area (Å²) >= 11 is 1.32. The highest BCUT2D eigenvalue weighted by Crippen LogP contribution is 2.37. The molecule has 4 rings (SSSR count). The molecule has 2 heterocycles. The molecule has 0 saturated carbocycles. The molecule has 0 spiro atoms. The molecule has 0 radical (unpaired) electrons. The number of hydrogen-bond donors (Lipinski definition) is 1. The normalized spacial score (nSPS) is 11.5. The second-order valence-electron chi connectivity index (χ2n) is 9.20. The van der Waals surface area contributed by atoms with Gasteiger partial charge in [0.25, 0.3) is 0 Å². The van der Waals surface area contributed by atoms with Crippen molar-refractivity contribution >= 4 is 17.8 Å². The third-order valence-electron chi connectivity index (χ3n) is 6.27. The number of anilines is 1. The minimum Gasteiger partial charge on any atom is -0.491 e. The first-order valence-electron chi connectivity index (χ1n) is 12.3. The molecule has 0 aliphatic rings. The molecule has 39 heavy (non-hydrogen) atoms. The van der Waals surface area contributed by atoms with Gasteiger partial charge in [-0.2, -0.15) is 13.2 Å². The third-order valence-corrected chi connectivity index (χ3v) is 7.13. The monoisotopic (exact) mass is 557 g/mol. The Hall–Kier alpha value is -3.66. The average molecular weight is 558 g/mol. The number of halogens is 3. The van der Waals surface area contributed by atoms with E-state index in [-0.39, 0.29) is 13.0 Å². The molecule has 0 amide bonds. The number of nitrogens with one attached hydrogen (secondary N) is 1. The third kappa shape index (κ3) is 7.06. The van der Waals surface area contributed by atoms with E-state index in [2.05, 4.69) is 14.9 Å². The number of aromatic nitrogens is 2. The Morgan fingerprint density at radius 3 is 2.44 bits per heavy atom. The molecule has 2 aromatic heterocycles. The first-order chi connectivity index (χ1) is 18.6. The summed E-state index contributed by atoms with van der Waals surface area (Å²) in [4.78, 5) is 5.23. The minimum atomic E-state index is -4.28. The smallest absolute Gasteiger partial charge is 0.389 e. The van der Waals surface area contributed by atoms with Gasteiger partial charge >= 0.3 is 6.18 Å². The Kier molecular flexibility index (Phi) is 8.74. The molecule has 0 fully saturated rings. The first-order valence-corrected chi connectivity index (χ1v) is 13.2. The molecule has 0 aliphatic heterocycles. The van der Waals surface area contributed by atoms with Gasteiger partial charge in [0.1, 0.15) is 6.61 Å². The lowest BCUT2D eigenvalue weighted by atomic mass is 9.94. The predicted octanol–water partition coefficient (Wildman–Crippen LogP) is 8.17. The summed E-state index contributed by atoms with van der Waals surface area (Å²) in [5.41, 5.74) is 6.04. The van der Waals surface area contributed by atoms with E-state index in [0.717, 1.165) is 38.5 Å². The zero-order valence-electron chi connectivity index (χ0n) is 22.4. The second kappa shape index (κ2) is 12.0. The molecule has 0 bridgehead atoms. The van der Waals surface area contributed by atoms with E-state index in [4.69, 9.17) is 14.0 Å². The number of benzene rings is 2. The SMILES string of the molecule is COc1c(OCc2ccc(-c3ccccc3SNc3onc(C)c3C)c(CCC(F)(F)F)c2)cc(C)nc1C. The first kappa shape index (κ1) is 28.4. The standard InChI is InChI=1S/C29H30F3N3O3S/c1-17-14-25(27(36-5)20(4)33-17)37-16-21-10-11-23(22(15-21)12-13-29(30,31)32)24-8-6-7-9-26(24)39-35-28-18(2)19(3)34-38-28/h6-11,14-15,35H,12-13,16H2,1-5H3. The maximum absolute atomic E-state index is 13.3. The largest absolute Gasteiger partial charge is 0.491 e. The molecule has 0 unspecified atom stereocenters. The van der Waals surface area contributed by atoms with E-state index in [1.54, 1.807) is 19.2 Å². The summed E-state index contributed by atoms with van der Waals surface area (Å²) < 4.78 is 59.8. The van der Waals surface area contributed by atoms with E-state index in [9.17, 15) is 13.2 Å². The number of methoxy groups -OCH3 is 1. The summed E-state index contributed by atoms with van der Waals surface area (Å²) in [6, 6.07) is 14.9. The van der Waals surface area contributed by atoms with Crippen LogP contribution in [-0.2, 0) is 13.0 Å². The second-order valence-corrected chi connectivity index (χ2v) is 10.0. The molecule has 206 valence electrons. The summed E-state index contributed by atoms with van der Waals surface area (Å²) in [7, 11) is 1.55. The van der Waals surface area contributed by atoms with Gasteiger partial charge in [0.2, 0.25) is 5.88 Å². The summed E-state index contributed by atoms with van der Waals surface area (Å²) in [5, 5.41) is 3.96. The van der Waals surface area contributed by atoms with Crippen molar-refractivity contribution in [2.45, 2.75) is 58.2 Å². The Morgan fingerprint density at radius 2 is 1.74 bits per heavy atom. The predicted molar refractivity (Wildman–Crippen MR) is 146 cm³/mol. The van der Waals surface area contributed by atoms with Gasteiger partial charge < -0.3 is 14.0 Å². The van der Waals surface area contributed by atoms with Gasteiger partial charge in [0.05, 0.1) is 18.5 Å². The van der Waals surface area contributed by atoms with Crippen LogP contribution in [-0.4, -0.2) is 23.4 Å². The number of pyridine rings is 1. The van der Waals surface area contributed by atoms with Gasteiger partial charge in [-0.1, -0.05) is 41.6 Å². The lowest BCUT2D eigenvalue weighted by Crippen LogP contribution is -2.09. The molecular weight excluding hydrogens is 527 g/mol. The van der Waals surface area contributed by atoms with Gasteiger partial charge in [0.15, 0.2) is 11.5 Å². The van der Waals surface area contributed by atoms with Crippen molar-refractivity contribution < 1.29 is 27.2 Å². The van der Waals surface area contributed by atoms with E-state index < -0.39 is 12.6 Å². The van der Waals surface area contributed by atoms with Gasteiger partial charge in [-0.25, -0.2) is 0 Å². The molecule has 2 aromatic carbocycles. The Morgan fingerprint density at radius 1 is 0.974 bits per heavy atom. The zero-order chi connectivity index (χ0) is 28.2. The summed E-state index contributed by atoms with van der Waals surface area (Å²) in [6.07, 6.45) is -5.36. The maximum Gasteiger partial charge on any atom is 0.389 e. The summed E-state index contributed by atoms with van der Waals surface area (Å²) in [5.74, 6) is 1.61. The quantitative estimate of drug-likeness (QED) is 0.197. The molecule has 0 atom stereocenters. The van der Waals surface area contributed by atoms with Gasteiger partial charge in [-0.15, -0.1) is 0 Å². The Balaban J connectivity index is 1.63. The fourth-order valence-corrected chi connectivity index (χ4v) is 5.00. The fraction of sp³-hybridized carbons (Fsp3) is 0.310. The van der Waals surface area contributed by atoms with Crippen molar-refractivity contribution in [2.75, 3.05) is 11.8 Å². The van der Waals surface area contributed by atoms with Crippen LogP contribution in [0.2, 0.25) is 0 Å². The van der Waals surface area contributed by atoms with Crippen LogP contribution in [0, 0.1) is 27.7 Å². The number of ether oxygens (including phenoxy) is 2. The van der Waals surface area contributed by atoms with Crippen LogP contribution in [0.1, 0.15) is 40.2 Å². The topological polar surface area (TPSA) is 69.4 Å². The number of aryl methyl sites for hydroxylation is 4. The van der Waals surface area contributed by atoms with Crippen molar-refractivity contribution in [1.82, 2.24) is 10.1 Å². The van der Waals surface area contributed by atoms with Crippen LogP contribution in [0.25, 0.3) is 11.1 Å². The Labute approximate surface area is 230 Å². The Bertz CT molecular complexity index is 1450.